The van der Waals surface area contributed by atoms with Crippen LogP contribution in [-0.4, -0.2) is 33.8 Å². The molecule has 31 heavy (non-hydrogen) atoms. The van der Waals surface area contributed by atoms with Crippen molar-refractivity contribution in [2.45, 2.75) is 18.2 Å². The highest BCUT2D eigenvalue weighted by molar-refractivity contribution is 7.89. The molecular formula is C22H23N3O4S2. The molecule has 0 spiro atoms. The van der Waals surface area contributed by atoms with Crippen LogP contribution in [0.15, 0.2) is 64.9 Å². The highest BCUT2D eigenvalue weighted by atomic mass is 32.2. The Labute approximate surface area is 185 Å². The topological polar surface area (TPSA) is 104 Å². The van der Waals surface area contributed by atoms with Crippen molar-refractivity contribution in [2.24, 2.45) is 0 Å². The Kier molecular flexibility index (Phi) is 7.21. The van der Waals surface area contributed by atoms with E-state index in [1.165, 1.54) is 24.3 Å². The van der Waals surface area contributed by atoms with E-state index in [0.29, 0.717) is 35.3 Å². The Balaban J connectivity index is 1.67. The van der Waals surface area contributed by atoms with Gasteiger partial charge in [0.15, 0.2) is 0 Å². The summed E-state index contributed by atoms with van der Waals surface area (Å²) in [6.07, 6.45) is 0.617. The lowest BCUT2D eigenvalue weighted by molar-refractivity contribution is 0.0960. The zero-order valence-electron chi connectivity index (χ0n) is 17.1. The van der Waals surface area contributed by atoms with Crippen LogP contribution in [0.3, 0.4) is 0 Å². The smallest absolute Gasteiger partial charge is 0.255 e. The quantitative estimate of drug-likeness (QED) is 0.483. The molecule has 2 aromatic carbocycles. The fourth-order valence-electron chi connectivity index (χ4n) is 2.98. The van der Waals surface area contributed by atoms with E-state index in [1.54, 1.807) is 43.5 Å². The summed E-state index contributed by atoms with van der Waals surface area (Å²) in [7, 11) is -2.12. The highest BCUT2D eigenvalue weighted by Crippen LogP contribution is 2.20. The standard InChI is InChI=1S/C22H23N3O4S2/c1-15-19(22(27)23-2)6-3-7-20(15)25-21(26)16-8-10-18(11-9-16)31(28,29)24-13-12-17-5-4-14-30-17/h3-11,14,24H,12-13H2,1-2H3,(H,23,27)(H,25,26). The number of carbonyl (C=O) groups is 2. The lowest BCUT2D eigenvalue weighted by Crippen LogP contribution is -2.26. The Morgan fingerprint density at radius 2 is 1.71 bits per heavy atom. The van der Waals surface area contributed by atoms with Crippen LogP contribution in [0.25, 0.3) is 0 Å². The number of amides is 2. The van der Waals surface area contributed by atoms with E-state index in [2.05, 4.69) is 15.4 Å². The number of hydrogen-bond donors (Lipinski definition) is 3. The van der Waals surface area contributed by atoms with Gasteiger partial charge in [0.25, 0.3) is 11.8 Å². The van der Waals surface area contributed by atoms with Crippen LogP contribution in [0, 0.1) is 6.92 Å². The van der Waals surface area contributed by atoms with Crippen molar-refractivity contribution in [3.63, 3.8) is 0 Å². The first kappa shape index (κ1) is 22.7. The van der Waals surface area contributed by atoms with Crippen molar-refractivity contribution in [2.75, 3.05) is 18.9 Å². The van der Waals surface area contributed by atoms with Gasteiger partial charge in [0, 0.05) is 35.3 Å². The van der Waals surface area contributed by atoms with Crippen LogP contribution in [0.5, 0.6) is 0 Å². The summed E-state index contributed by atoms with van der Waals surface area (Å²) in [5.41, 5.74) is 1.93. The second-order valence-electron chi connectivity index (χ2n) is 6.76. The predicted octanol–water partition coefficient (Wildman–Crippen LogP) is 3.19. The van der Waals surface area contributed by atoms with Gasteiger partial charge in [-0.15, -0.1) is 11.3 Å². The molecule has 2 amide bonds. The van der Waals surface area contributed by atoms with E-state index in [-0.39, 0.29) is 10.8 Å². The summed E-state index contributed by atoms with van der Waals surface area (Å²) in [5, 5.41) is 7.28. The molecule has 0 aliphatic rings. The molecule has 1 aromatic heterocycles. The summed E-state index contributed by atoms with van der Waals surface area (Å²) in [5.74, 6) is -0.638. The average molecular weight is 458 g/mol. The van der Waals surface area contributed by atoms with Crippen LogP contribution in [0.4, 0.5) is 5.69 Å². The molecule has 0 fully saturated rings. The molecule has 3 aromatic rings. The van der Waals surface area contributed by atoms with Crippen LogP contribution >= 0.6 is 11.3 Å². The van der Waals surface area contributed by atoms with E-state index >= 15 is 0 Å². The number of rotatable bonds is 8. The number of anilines is 1. The van der Waals surface area contributed by atoms with Crippen molar-refractivity contribution >= 4 is 38.9 Å². The minimum absolute atomic E-state index is 0.0908. The maximum Gasteiger partial charge on any atom is 0.255 e. The molecule has 0 saturated heterocycles. The lowest BCUT2D eigenvalue weighted by atomic mass is 10.1. The van der Waals surface area contributed by atoms with Gasteiger partial charge in [0.1, 0.15) is 0 Å². The van der Waals surface area contributed by atoms with Gasteiger partial charge in [-0.2, -0.15) is 0 Å². The fraction of sp³-hybridized carbons (Fsp3) is 0.182. The molecule has 9 heteroatoms. The first-order valence-corrected chi connectivity index (χ1v) is 11.9. The molecule has 0 atom stereocenters. The minimum Gasteiger partial charge on any atom is -0.355 e. The van der Waals surface area contributed by atoms with Gasteiger partial charge in [-0.3, -0.25) is 9.59 Å². The molecule has 0 saturated carbocycles. The third-order valence-electron chi connectivity index (χ3n) is 4.72. The van der Waals surface area contributed by atoms with Crippen molar-refractivity contribution in [1.82, 2.24) is 10.0 Å². The molecule has 0 unspecified atom stereocenters. The Morgan fingerprint density at radius 3 is 2.35 bits per heavy atom. The molecule has 1 heterocycles. The van der Waals surface area contributed by atoms with E-state index in [4.69, 9.17) is 0 Å². The average Bonchev–Trinajstić information content (AvgIpc) is 3.28. The van der Waals surface area contributed by atoms with Crippen molar-refractivity contribution in [1.29, 1.82) is 0 Å². The maximum absolute atomic E-state index is 12.6. The SMILES string of the molecule is CNC(=O)c1cccc(NC(=O)c2ccc(S(=O)(=O)NCCc3cccs3)cc2)c1C. The molecule has 3 rings (SSSR count). The van der Waals surface area contributed by atoms with Gasteiger partial charge in [-0.05, 0) is 66.8 Å². The maximum atomic E-state index is 12.6. The van der Waals surface area contributed by atoms with E-state index in [0.717, 1.165) is 4.88 Å². The van der Waals surface area contributed by atoms with Crippen molar-refractivity contribution in [3.8, 4) is 0 Å². The third kappa shape index (κ3) is 5.57. The zero-order chi connectivity index (χ0) is 22.4. The van der Waals surface area contributed by atoms with E-state index in [1.807, 2.05) is 17.5 Å². The lowest BCUT2D eigenvalue weighted by Gasteiger charge is -2.12. The van der Waals surface area contributed by atoms with Gasteiger partial charge in [0.05, 0.1) is 4.90 Å². The van der Waals surface area contributed by atoms with Crippen LogP contribution in [0.1, 0.15) is 31.2 Å². The largest absolute Gasteiger partial charge is 0.355 e. The Morgan fingerprint density at radius 1 is 0.968 bits per heavy atom. The van der Waals surface area contributed by atoms with Gasteiger partial charge in [0.2, 0.25) is 10.0 Å². The number of benzene rings is 2. The molecule has 3 N–H and O–H groups in total. The Hall–Kier alpha value is -3.01. The molecule has 0 bridgehead atoms. The summed E-state index contributed by atoms with van der Waals surface area (Å²) in [6.45, 7) is 2.05. The predicted molar refractivity (Wildman–Crippen MR) is 122 cm³/mol. The number of carbonyl (C=O) groups excluding carboxylic acids is 2. The number of sulfonamides is 1. The second-order valence-corrected chi connectivity index (χ2v) is 9.56. The van der Waals surface area contributed by atoms with Gasteiger partial charge >= 0.3 is 0 Å². The first-order valence-electron chi connectivity index (χ1n) is 9.57. The third-order valence-corrected chi connectivity index (χ3v) is 7.14. The monoisotopic (exact) mass is 457 g/mol. The fourth-order valence-corrected chi connectivity index (χ4v) is 4.72. The van der Waals surface area contributed by atoms with Gasteiger partial charge < -0.3 is 10.6 Å². The molecular weight excluding hydrogens is 434 g/mol. The number of thiophene rings is 1. The van der Waals surface area contributed by atoms with E-state index in [9.17, 15) is 18.0 Å². The summed E-state index contributed by atoms with van der Waals surface area (Å²) < 4.78 is 27.5. The number of hydrogen-bond acceptors (Lipinski definition) is 5. The molecule has 0 aliphatic carbocycles. The van der Waals surface area contributed by atoms with Crippen molar-refractivity contribution in [3.05, 3.63) is 81.5 Å². The molecule has 0 radical (unpaired) electrons. The molecule has 162 valence electrons. The minimum atomic E-state index is -3.66. The van der Waals surface area contributed by atoms with Crippen molar-refractivity contribution < 1.29 is 18.0 Å². The highest BCUT2D eigenvalue weighted by Gasteiger charge is 2.16. The van der Waals surface area contributed by atoms with Crippen LogP contribution in [-0.2, 0) is 16.4 Å². The van der Waals surface area contributed by atoms with Gasteiger partial charge in [-0.25, -0.2) is 13.1 Å². The normalized spacial score (nSPS) is 11.2. The van der Waals surface area contributed by atoms with E-state index < -0.39 is 15.9 Å². The zero-order valence-corrected chi connectivity index (χ0v) is 18.8. The van der Waals surface area contributed by atoms with Crippen LogP contribution in [0.2, 0.25) is 0 Å². The molecule has 0 aliphatic heterocycles. The molecule has 7 nitrogen and oxygen atoms in total. The number of nitrogens with one attached hydrogen (secondary N) is 3. The summed E-state index contributed by atoms with van der Waals surface area (Å²) in [4.78, 5) is 25.7. The van der Waals surface area contributed by atoms with Crippen LogP contribution < -0.4 is 15.4 Å². The second kappa shape index (κ2) is 9.86. The Bertz CT molecular complexity index is 1170. The summed E-state index contributed by atoms with van der Waals surface area (Å²) in [6, 6.07) is 14.7. The summed E-state index contributed by atoms with van der Waals surface area (Å²) >= 11 is 1.58. The first-order chi connectivity index (χ1) is 14.8. The van der Waals surface area contributed by atoms with Gasteiger partial charge in [-0.1, -0.05) is 12.1 Å².